The molecule has 3 fully saturated rings. The van der Waals surface area contributed by atoms with E-state index in [1.807, 2.05) is 10.3 Å². The topological polar surface area (TPSA) is 79.3 Å². The first-order chi connectivity index (χ1) is 11.7. The molecule has 2 aromatic heterocycles. The first kappa shape index (κ1) is 15.2. The summed E-state index contributed by atoms with van der Waals surface area (Å²) in [5, 5.41) is 1.97. The number of fused-ring (bicyclic) bond motifs is 4. The number of carbonyl (C=O) groups is 2. The maximum atomic E-state index is 12.8. The highest BCUT2D eigenvalue weighted by molar-refractivity contribution is 7.07. The van der Waals surface area contributed by atoms with Crippen LogP contribution in [0.15, 0.2) is 29.5 Å². The summed E-state index contributed by atoms with van der Waals surface area (Å²) in [7, 11) is 0. The van der Waals surface area contributed by atoms with Gasteiger partial charge in [0, 0.05) is 36.9 Å². The summed E-state index contributed by atoms with van der Waals surface area (Å²) in [5.74, 6) is -0.153. The van der Waals surface area contributed by atoms with Gasteiger partial charge in [-0.2, -0.15) is 0 Å². The van der Waals surface area contributed by atoms with Crippen molar-refractivity contribution in [3.05, 3.63) is 40.9 Å². The van der Waals surface area contributed by atoms with E-state index in [0.29, 0.717) is 25.3 Å². The van der Waals surface area contributed by atoms with Crippen LogP contribution in [0.1, 0.15) is 29.0 Å². The maximum absolute atomic E-state index is 12.8. The van der Waals surface area contributed by atoms with Gasteiger partial charge in [0.1, 0.15) is 5.69 Å². The Labute approximate surface area is 143 Å². The number of hydrogen-bond acceptors (Lipinski definition) is 6. The average molecular weight is 343 g/mol. The second-order valence-electron chi connectivity index (χ2n) is 6.17. The Hall–Kier alpha value is -2.35. The minimum atomic E-state index is -0.150. The van der Waals surface area contributed by atoms with Crippen LogP contribution in [0.2, 0.25) is 0 Å². The number of thiazole rings is 1. The van der Waals surface area contributed by atoms with Gasteiger partial charge in [-0.3, -0.25) is 14.6 Å². The third-order valence-electron chi connectivity index (χ3n) is 4.68. The summed E-state index contributed by atoms with van der Waals surface area (Å²) < 4.78 is 0. The lowest BCUT2D eigenvalue weighted by atomic mass is 9.94. The molecule has 0 spiro atoms. The molecule has 0 radical (unpaired) electrons. The SMILES string of the molecule is O=C(c1cnccn1)N1C[C@@H]2CC[C@H](C1)N(Cc1cscn1)C2=O. The molecule has 8 heteroatoms. The average Bonchev–Trinajstić information content (AvgIpc) is 2.98. The summed E-state index contributed by atoms with van der Waals surface area (Å²) in [5.41, 5.74) is 3.02. The Morgan fingerprint density at radius 3 is 2.92 bits per heavy atom. The molecule has 0 aliphatic carbocycles. The lowest BCUT2D eigenvalue weighted by Gasteiger charge is -2.35. The van der Waals surface area contributed by atoms with E-state index < -0.39 is 0 Å². The van der Waals surface area contributed by atoms with Crippen LogP contribution in [0.4, 0.5) is 0 Å². The van der Waals surface area contributed by atoms with E-state index in [4.69, 9.17) is 0 Å². The predicted octanol–water partition coefficient (Wildman–Crippen LogP) is 1.20. The molecule has 2 atom stereocenters. The van der Waals surface area contributed by atoms with E-state index in [2.05, 4.69) is 15.0 Å². The van der Waals surface area contributed by atoms with Gasteiger partial charge in [0.15, 0.2) is 0 Å². The van der Waals surface area contributed by atoms with Crippen molar-refractivity contribution < 1.29 is 9.59 Å². The van der Waals surface area contributed by atoms with E-state index in [0.717, 1.165) is 18.5 Å². The van der Waals surface area contributed by atoms with Crippen LogP contribution in [0.25, 0.3) is 0 Å². The van der Waals surface area contributed by atoms with Crippen molar-refractivity contribution >= 4 is 23.2 Å². The van der Waals surface area contributed by atoms with Gasteiger partial charge >= 0.3 is 0 Å². The normalized spacial score (nSPS) is 23.4. The molecule has 0 N–H and O–H groups in total. The van der Waals surface area contributed by atoms with Crippen molar-refractivity contribution in [1.29, 1.82) is 0 Å². The molecule has 0 saturated carbocycles. The number of rotatable bonds is 3. The molecule has 2 aromatic rings. The molecule has 3 saturated heterocycles. The van der Waals surface area contributed by atoms with Gasteiger partial charge in [0.25, 0.3) is 5.91 Å². The smallest absolute Gasteiger partial charge is 0.274 e. The van der Waals surface area contributed by atoms with Crippen molar-refractivity contribution in [1.82, 2.24) is 24.8 Å². The largest absolute Gasteiger partial charge is 0.334 e. The van der Waals surface area contributed by atoms with Crippen molar-refractivity contribution in [2.45, 2.75) is 25.4 Å². The highest BCUT2D eigenvalue weighted by Gasteiger charge is 2.42. The van der Waals surface area contributed by atoms with Crippen LogP contribution in [0, 0.1) is 5.92 Å². The Morgan fingerprint density at radius 2 is 2.17 bits per heavy atom. The number of piperidine rings is 1. The Balaban J connectivity index is 1.56. The second kappa shape index (κ2) is 6.27. The molecule has 7 nitrogen and oxygen atoms in total. The molecular weight excluding hydrogens is 326 g/mol. The van der Waals surface area contributed by atoms with Gasteiger partial charge < -0.3 is 9.80 Å². The fraction of sp³-hybridized carbons (Fsp3) is 0.438. The number of carbonyl (C=O) groups excluding carboxylic acids is 2. The predicted molar refractivity (Wildman–Crippen MR) is 87.1 cm³/mol. The van der Waals surface area contributed by atoms with Crippen LogP contribution in [-0.4, -0.2) is 55.7 Å². The molecule has 124 valence electrons. The van der Waals surface area contributed by atoms with Gasteiger partial charge in [-0.25, -0.2) is 9.97 Å². The molecule has 5 heterocycles. The zero-order chi connectivity index (χ0) is 16.5. The third-order valence-corrected chi connectivity index (χ3v) is 5.31. The maximum Gasteiger partial charge on any atom is 0.274 e. The highest BCUT2D eigenvalue weighted by Crippen LogP contribution is 2.30. The van der Waals surface area contributed by atoms with Gasteiger partial charge in [0.2, 0.25) is 5.91 Å². The molecule has 0 aromatic carbocycles. The van der Waals surface area contributed by atoms with E-state index in [9.17, 15) is 9.59 Å². The summed E-state index contributed by atoms with van der Waals surface area (Å²) in [6, 6.07) is 0.0403. The van der Waals surface area contributed by atoms with E-state index in [1.165, 1.54) is 23.7 Å². The zero-order valence-electron chi connectivity index (χ0n) is 13.0. The van der Waals surface area contributed by atoms with Crippen LogP contribution in [-0.2, 0) is 11.3 Å². The number of amides is 2. The Morgan fingerprint density at radius 1 is 1.25 bits per heavy atom. The van der Waals surface area contributed by atoms with Crippen LogP contribution < -0.4 is 0 Å². The molecule has 2 bridgehead atoms. The monoisotopic (exact) mass is 343 g/mol. The second-order valence-corrected chi connectivity index (χ2v) is 6.89. The van der Waals surface area contributed by atoms with Crippen LogP contribution >= 0.6 is 11.3 Å². The van der Waals surface area contributed by atoms with Crippen LogP contribution in [0.3, 0.4) is 0 Å². The number of hydrogen-bond donors (Lipinski definition) is 0. The van der Waals surface area contributed by atoms with E-state index >= 15 is 0 Å². The fourth-order valence-electron chi connectivity index (χ4n) is 3.48. The lowest BCUT2D eigenvalue weighted by Crippen LogP contribution is -2.47. The molecule has 2 amide bonds. The van der Waals surface area contributed by atoms with Crippen molar-refractivity contribution in [3.63, 3.8) is 0 Å². The first-order valence-corrected chi connectivity index (χ1v) is 8.89. The van der Waals surface area contributed by atoms with Crippen LogP contribution in [0.5, 0.6) is 0 Å². The van der Waals surface area contributed by atoms with E-state index in [1.54, 1.807) is 16.6 Å². The molecule has 0 unspecified atom stereocenters. The highest BCUT2D eigenvalue weighted by atomic mass is 32.1. The van der Waals surface area contributed by atoms with Gasteiger partial charge in [-0.15, -0.1) is 11.3 Å². The minimum Gasteiger partial charge on any atom is -0.334 e. The number of aromatic nitrogens is 3. The third kappa shape index (κ3) is 2.77. The first-order valence-electron chi connectivity index (χ1n) is 7.95. The lowest BCUT2D eigenvalue weighted by molar-refractivity contribution is -0.140. The van der Waals surface area contributed by atoms with Gasteiger partial charge in [-0.05, 0) is 12.8 Å². The number of nitrogens with zero attached hydrogens (tertiary/aromatic N) is 5. The van der Waals surface area contributed by atoms with Crippen molar-refractivity contribution in [2.24, 2.45) is 5.92 Å². The fourth-order valence-corrected chi connectivity index (χ4v) is 4.03. The summed E-state index contributed by atoms with van der Waals surface area (Å²) in [4.78, 5) is 41.5. The zero-order valence-corrected chi connectivity index (χ0v) is 13.9. The minimum absolute atomic E-state index is 0.0403. The molecule has 5 rings (SSSR count). The van der Waals surface area contributed by atoms with Crippen molar-refractivity contribution in [2.75, 3.05) is 13.1 Å². The molecule has 24 heavy (non-hydrogen) atoms. The van der Waals surface area contributed by atoms with Gasteiger partial charge in [-0.1, -0.05) is 0 Å². The van der Waals surface area contributed by atoms with Gasteiger partial charge in [0.05, 0.1) is 29.9 Å². The summed E-state index contributed by atoms with van der Waals surface area (Å²) in [6.45, 7) is 1.52. The Kier molecular flexibility index (Phi) is 3.97. The summed E-state index contributed by atoms with van der Waals surface area (Å²) in [6.07, 6.45) is 6.29. The standard InChI is InChI=1S/C16H17N5O2S/c22-15-11-1-2-13(21(15)7-12-9-24-10-19-12)8-20(6-11)16(23)14-5-17-3-4-18-14/h3-5,9-11,13H,1-2,6-8H2/t11-,13+/m0/s1. The van der Waals surface area contributed by atoms with Crippen molar-refractivity contribution in [3.8, 4) is 0 Å². The van der Waals surface area contributed by atoms with E-state index in [-0.39, 0.29) is 23.8 Å². The summed E-state index contributed by atoms with van der Waals surface area (Å²) >= 11 is 1.53. The molecule has 3 aliphatic rings. The molecule has 3 aliphatic heterocycles. The molecular formula is C16H17N5O2S. The quantitative estimate of drug-likeness (QED) is 0.836. The Bertz CT molecular complexity index is 736.